The lowest BCUT2D eigenvalue weighted by atomic mass is 10.0. The number of hydrogen-bond acceptors (Lipinski definition) is 4. The Morgan fingerprint density at radius 2 is 2.26 bits per heavy atom. The van der Waals surface area contributed by atoms with Crippen LogP contribution in [0.4, 0.5) is 0 Å². The normalized spacial score (nSPS) is 26.7. The minimum Gasteiger partial charge on any atom is -0.497 e. The summed E-state index contributed by atoms with van der Waals surface area (Å²) in [6.07, 6.45) is 7.12. The van der Waals surface area contributed by atoms with Crippen molar-refractivity contribution in [2.45, 2.75) is 44.3 Å². The van der Waals surface area contributed by atoms with E-state index in [0.29, 0.717) is 0 Å². The van der Waals surface area contributed by atoms with Crippen molar-refractivity contribution in [3.05, 3.63) is 42.0 Å². The van der Waals surface area contributed by atoms with Gasteiger partial charge in [-0.25, -0.2) is 10.9 Å². The van der Waals surface area contributed by atoms with Gasteiger partial charge in [0.05, 0.1) is 13.2 Å². The third-order valence-electron chi connectivity index (χ3n) is 4.63. The zero-order chi connectivity index (χ0) is 16.2. The third-order valence-corrected chi connectivity index (χ3v) is 4.63. The molecule has 1 fully saturated rings. The van der Waals surface area contributed by atoms with Crippen LogP contribution < -0.4 is 15.6 Å². The summed E-state index contributed by atoms with van der Waals surface area (Å²) in [5, 5.41) is 0. The zero-order valence-electron chi connectivity index (χ0n) is 13.8. The summed E-state index contributed by atoms with van der Waals surface area (Å²) in [6, 6.07) is 8.19. The molecule has 2 aliphatic rings. The number of carbonyl (C=O) groups excluding carboxylic acids is 1. The summed E-state index contributed by atoms with van der Waals surface area (Å²) in [4.78, 5) is 14.8. The third kappa shape index (κ3) is 3.41. The van der Waals surface area contributed by atoms with E-state index in [1.165, 1.54) is 0 Å². The number of benzene rings is 1. The molecular weight excluding hydrogens is 290 g/mol. The zero-order valence-corrected chi connectivity index (χ0v) is 13.8. The molecule has 0 aromatic heterocycles. The number of methoxy groups -OCH3 is 1. The molecule has 1 amide bonds. The minimum atomic E-state index is -0.176. The topological polar surface area (TPSA) is 53.6 Å². The van der Waals surface area contributed by atoms with Gasteiger partial charge in [0, 0.05) is 12.6 Å². The van der Waals surface area contributed by atoms with Crippen molar-refractivity contribution in [3.8, 4) is 5.75 Å². The van der Waals surface area contributed by atoms with E-state index >= 15 is 0 Å². The molecule has 3 rings (SSSR count). The van der Waals surface area contributed by atoms with Crippen LogP contribution in [0.3, 0.4) is 0 Å². The lowest BCUT2D eigenvalue weighted by Gasteiger charge is -2.27. The van der Waals surface area contributed by atoms with Gasteiger partial charge in [-0.2, -0.15) is 0 Å². The van der Waals surface area contributed by atoms with Crippen molar-refractivity contribution < 1.29 is 9.53 Å². The molecule has 1 aromatic rings. The quantitative estimate of drug-likeness (QED) is 0.818. The smallest absolute Gasteiger partial charge is 0.241 e. The van der Waals surface area contributed by atoms with Crippen molar-refractivity contribution >= 4 is 5.91 Å². The maximum Gasteiger partial charge on any atom is 0.241 e. The molecule has 2 heterocycles. The second-order valence-electron chi connectivity index (χ2n) is 6.18. The van der Waals surface area contributed by atoms with Gasteiger partial charge in [0.15, 0.2) is 0 Å². The fourth-order valence-corrected chi connectivity index (χ4v) is 3.37. The Labute approximate surface area is 137 Å². The maximum atomic E-state index is 12.8. The molecule has 2 N–H and O–H groups in total. The molecule has 0 spiro atoms. The first-order valence-electron chi connectivity index (χ1n) is 8.35. The highest BCUT2D eigenvalue weighted by atomic mass is 16.5. The van der Waals surface area contributed by atoms with Crippen LogP contribution in [0.2, 0.25) is 0 Å². The summed E-state index contributed by atoms with van der Waals surface area (Å²) >= 11 is 0. The van der Waals surface area contributed by atoms with E-state index in [-0.39, 0.29) is 24.0 Å². The van der Waals surface area contributed by atoms with Crippen molar-refractivity contribution in [1.29, 1.82) is 0 Å². The van der Waals surface area contributed by atoms with E-state index in [0.717, 1.165) is 37.1 Å². The molecule has 0 radical (unpaired) electrons. The predicted octanol–water partition coefficient (Wildman–Crippen LogP) is 2.17. The Balaban J connectivity index is 1.64. The number of amides is 1. The second kappa shape index (κ2) is 7.15. The number of carbonyl (C=O) groups is 1. The van der Waals surface area contributed by atoms with Crippen molar-refractivity contribution in [1.82, 2.24) is 15.8 Å². The molecule has 5 heteroatoms. The first kappa shape index (κ1) is 16.0. The van der Waals surface area contributed by atoms with Gasteiger partial charge in [0.1, 0.15) is 11.8 Å². The minimum absolute atomic E-state index is 0.124. The molecule has 1 aromatic carbocycles. The molecule has 2 aliphatic heterocycles. The van der Waals surface area contributed by atoms with Crippen LogP contribution in [0.5, 0.6) is 5.75 Å². The number of hydrazine groups is 1. The highest BCUT2D eigenvalue weighted by Crippen LogP contribution is 2.27. The average molecular weight is 315 g/mol. The fourth-order valence-electron chi connectivity index (χ4n) is 3.37. The molecule has 0 bridgehead atoms. The fraction of sp³-hybridized carbons (Fsp3) is 0.500. The number of ether oxygens (including phenoxy) is 1. The second-order valence-corrected chi connectivity index (χ2v) is 6.18. The van der Waals surface area contributed by atoms with Gasteiger partial charge in [-0.15, -0.1) is 0 Å². The Kier molecular flexibility index (Phi) is 4.98. The van der Waals surface area contributed by atoms with Crippen LogP contribution in [0.1, 0.15) is 37.8 Å². The van der Waals surface area contributed by atoms with E-state index in [1.54, 1.807) is 7.11 Å². The predicted molar refractivity (Wildman–Crippen MR) is 90.0 cm³/mol. The van der Waals surface area contributed by atoms with Crippen molar-refractivity contribution in [2.24, 2.45) is 0 Å². The standard InChI is InChI=1S/C18H25N3O2/c1-3-6-14-8-5-10-21(14)18(22)17-12-16(19-20-17)13-7-4-9-15(11-13)23-2/h4-5,7-9,11,14,16-17,19-20H,3,6,10,12H2,1-2H3. The lowest BCUT2D eigenvalue weighted by molar-refractivity contribution is -0.133. The molecule has 1 saturated heterocycles. The van der Waals surface area contributed by atoms with E-state index in [2.05, 4.69) is 36.0 Å². The van der Waals surface area contributed by atoms with E-state index < -0.39 is 0 Å². The molecule has 23 heavy (non-hydrogen) atoms. The lowest BCUT2D eigenvalue weighted by Crippen LogP contribution is -2.47. The van der Waals surface area contributed by atoms with Gasteiger partial charge < -0.3 is 9.64 Å². The van der Waals surface area contributed by atoms with Gasteiger partial charge >= 0.3 is 0 Å². The summed E-state index contributed by atoms with van der Waals surface area (Å²) in [7, 11) is 1.67. The summed E-state index contributed by atoms with van der Waals surface area (Å²) < 4.78 is 5.28. The number of hydrogen-bond donors (Lipinski definition) is 2. The molecule has 3 atom stereocenters. The molecule has 0 aliphatic carbocycles. The average Bonchev–Trinajstić information content (AvgIpc) is 3.24. The van der Waals surface area contributed by atoms with Gasteiger partial charge in [-0.3, -0.25) is 4.79 Å². The van der Waals surface area contributed by atoms with Crippen molar-refractivity contribution in [3.63, 3.8) is 0 Å². The van der Waals surface area contributed by atoms with Gasteiger partial charge in [-0.05, 0) is 30.5 Å². The molecular formula is C18H25N3O2. The molecule has 124 valence electrons. The molecule has 5 nitrogen and oxygen atoms in total. The maximum absolute atomic E-state index is 12.8. The van der Waals surface area contributed by atoms with Gasteiger partial charge in [-0.1, -0.05) is 37.6 Å². The highest BCUT2D eigenvalue weighted by Gasteiger charge is 2.35. The summed E-state index contributed by atoms with van der Waals surface area (Å²) in [5.41, 5.74) is 7.56. The Morgan fingerprint density at radius 1 is 1.39 bits per heavy atom. The number of rotatable bonds is 5. The number of nitrogens with one attached hydrogen (secondary N) is 2. The SMILES string of the molecule is CCCC1C=CCN1C(=O)C1CC(c2cccc(OC)c2)NN1. The summed E-state index contributed by atoms with van der Waals surface area (Å²) in [5.74, 6) is 1.03. The van der Waals surface area contributed by atoms with Gasteiger partial charge in [0.2, 0.25) is 5.91 Å². The monoisotopic (exact) mass is 315 g/mol. The number of nitrogens with zero attached hydrogens (tertiary/aromatic N) is 1. The van der Waals surface area contributed by atoms with Crippen LogP contribution in [-0.2, 0) is 4.79 Å². The van der Waals surface area contributed by atoms with Crippen molar-refractivity contribution in [2.75, 3.05) is 13.7 Å². The first-order valence-corrected chi connectivity index (χ1v) is 8.35. The van der Waals surface area contributed by atoms with Gasteiger partial charge in [0.25, 0.3) is 0 Å². The van der Waals surface area contributed by atoms with E-state index in [9.17, 15) is 4.79 Å². The van der Waals surface area contributed by atoms with Crippen LogP contribution in [-0.4, -0.2) is 36.5 Å². The summed E-state index contributed by atoms with van der Waals surface area (Å²) in [6.45, 7) is 2.88. The van der Waals surface area contributed by atoms with Crippen LogP contribution in [0.15, 0.2) is 36.4 Å². The van der Waals surface area contributed by atoms with Crippen LogP contribution in [0.25, 0.3) is 0 Å². The Bertz CT molecular complexity index is 587. The highest BCUT2D eigenvalue weighted by molar-refractivity contribution is 5.83. The molecule has 0 saturated carbocycles. The Hall–Kier alpha value is -1.85. The molecule has 3 unspecified atom stereocenters. The largest absolute Gasteiger partial charge is 0.497 e. The Morgan fingerprint density at radius 3 is 3.04 bits per heavy atom. The van der Waals surface area contributed by atoms with E-state index in [4.69, 9.17) is 4.74 Å². The first-order chi connectivity index (χ1) is 11.2. The van der Waals surface area contributed by atoms with E-state index in [1.807, 2.05) is 23.1 Å². The van der Waals surface area contributed by atoms with Crippen LogP contribution >= 0.6 is 0 Å². The van der Waals surface area contributed by atoms with Crippen LogP contribution in [0, 0.1) is 0 Å².